The number of amidine groups is 1. The van der Waals surface area contributed by atoms with Crippen LogP contribution in [0.2, 0.25) is 0 Å². The number of rotatable bonds is 9. The third kappa shape index (κ3) is 7.33. The van der Waals surface area contributed by atoms with Crippen molar-refractivity contribution in [3.8, 4) is 0 Å². The Morgan fingerprint density at radius 3 is 2.33 bits per heavy atom. The van der Waals surface area contributed by atoms with E-state index < -0.39 is 24.5 Å². The highest BCUT2D eigenvalue weighted by Gasteiger charge is 2.42. The topological polar surface area (TPSA) is 90.9 Å². The summed E-state index contributed by atoms with van der Waals surface area (Å²) >= 11 is 0. The number of alkyl halides is 3. The zero-order chi connectivity index (χ0) is 14.0. The fourth-order valence-electron chi connectivity index (χ4n) is 1.42. The van der Waals surface area contributed by atoms with Gasteiger partial charge in [0.15, 0.2) is 5.84 Å². The SMILES string of the molecule is NC(=NO)C(CNCCCCCCO)C(F)(F)F. The Bertz CT molecular complexity index is 247. The van der Waals surface area contributed by atoms with Gasteiger partial charge in [-0.3, -0.25) is 0 Å². The van der Waals surface area contributed by atoms with Gasteiger partial charge in [0.05, 0.1) is 0 Å². The predicted octanol–water partition coefficient (Wildman–Crippen LogP) is 1.05. The number of oxime groups is 1. The van der Waals surface area contributed by atoms with Crippen LogP contribution in [0.3, 0.4) is 0 Å². The van der Waals surface area contributed by atoms with E-state index in [0.717, 1.165) is 19.3 Å². The van der Waals surface area contributed by atoms with Crippen LogP contribution in [0.4, 0.5) is 13.2 Å². The van der Waals surface area contributed by atoms with Gasteiger partial charge in [-0.25, -0.2) is 0 Å². The molecule has 0 aromatic heterocycles. The molecule has 0 aromatic carbocycles. The van der Waals surface area contributed by atoms with Crippen LogP contribution in [0.1, 0.15) is 25.7 Å². The summed E-state index contributed by atoms with van der Waals surface area (Å²) in [7, 11) is 0. The van der Waals surface area contributed by atoms with Crippen molar-refractivity contribution in [1.82, 2.24) is 5.32 Å². The highest BCUT2D eigenvalue weighted by atomic mass is 19.4. The number of aliphatic hydroxyl groups is 1. The van der Waals surface area contributed by atoms with E-state index in [1.165, 1.54) is 0 Å². The van der Waals surface area contributed by atoms with Crippen LogP contribution in [0, 0.1) is 5.92 Å². The van der Waals surface area contributed by atoms with Crippen LogP contribution >= 0.6 is 0 Å². The molecule has 0 bridgehead atoms. The van der Waals surface area contributed by atoms with E-state index in [4.69, 9.17) is 16.0 Å². The van der Waals surface area contributed by atoms with E-state index in [2.05, 4.69) is 10.5 Å². The Morgan fingerprint density at radius 1 is 1.22 bits per heavy atom. The molecule has 0 heterocycles. The maximum absolute atomic E-state index is 12.5. The maximum Gasteiger partial charge on any atom is 0.400 e. The largest absolute Gasteiger partial charge is 0.409 e. The van der Waals surface area contributed by atoms with E-state index in [9.17, 15) is 13.2 Å². The summed E-state index contributed by atoms with van der Waals surface area (Å²) in [6.07, 6.45) is -1.41. The first-order valence-electron chi connectivity index (χ1n) is 5.79. The van der Waals surface area contributed by atoms with E-state index in [0.29, 0.717) is 13.0 Å². The van der Waals surface area contributed by atoms with Gasteiger partial charge in [-0.2, -0.15) is 13.2 Å². The first-order chi connectivity index (χ1) is 8.43. The number of halogens is 3. The summed E-state index contributed by atoms with van der Waals surface area (Å²) in [4.78, 5) is 0. The Kier molecular flexibility index (Phi) is 8.47. The van der Waals surface area contributed by atoms with E-state index in [1.54, 1.807) is 0 Å². The fourth-order valence-corrected chi connectivity index (χ4v) is 1.42. The zero-order valence-corrected chi connectivity index (χ0v) is 10.1. The highest BCUT2D eigenvalue weighted by Crippen LogP contribution is 2.25. The van der Waals surface area contributed by atoms with Crippen molar-refractivity contribution < 1.29 is 23.5 Å². The van der Waals surface area contributed by atoms with E-state index in [1.807, 2.05) is 0 Å². The van der Waals surface area contributed by atoms with Gasteiger partial charge in [-0.05, 0) is 19.4 Å². The molecule has 5 nitrogen and oxygen atoms in total. The molecular weight excluding hydrogens is 251 g/mol. The summed E-state index contributed by atoms with van der Waals surface area (Å²) in [6.45, 7) is 0.156. The van der Waals surface area contributed by atoms with Gasteiger partial charge in [0.1, 0.15) is 5.92 Å². The summed E-state index contributed by atoms with van der Waals surface area (Å²) in [5.74, 6) is -2.81. The molecule has 8 heteroatoms. The van der Waals surface area contributed by atoms with Crippen LogP contribution < -0.4 is 11.1 Å². The number of aliphatic hydroxyl groups excluding tert-OH is 1. The molecule has 1 unspecified atom stereocenters. The Balaban J connectivity index is 3.86. The molecule has 0 radical (unpaired) electrons. The molecule has 0 aromatic rings. The summed E-state index contributed by atoms with van der Waals surface area (Å²) < 4.78 is 37.5. The van der Waals surface area contributed by atoms with Gasteiger partial charge < -0.3 is 21.4 Å². The molecule has 0 saturated heterocycles. The molecule has 18 heavy (non-hydrogen) atoms. The lowest BCUT2D eigenvalue weighted by atomic mass is 10.1. The molecule has 108 valence electrons. The fraction of sp³-hybridized carbons (Fsp3) is 0.900. The van der Waals surface area contributed by atoms with Crippen molar-refractivity contribution >= 4 is 5.84 Å². The average Bonchev–Trinajstić information content (AvgIpc) is 2.30. The first-order valence-corrected chi connectivity index (χ1v) is 5.79. The lowest BCUT2D eigenvalue weighted by molar-refractivity contribution is -0.154. The minimum Gasteiger partial charge on any atom is -0.409 e. The standard InChI is InChI=1S/C10H20F3N3O2/c11-10(12,13)8(9(14)16-18)7-15-5-3-1-2-4-6-17/h8,15,17-18H,1-7H2,(H2,14,16). The van der Waals surface area contributed by atoms with E-state index in [-0.39, 0.29) is 6.61 Å². The Morgan fingerprint density at radius 2 is 1.83 bits per heavy atom. The zero-order valence-electron chi connectivity index (χ0n) is 10.1. The first kappa shape index (κ1) is 17.0. The molecular formula is C10H20F3N3O2. The summed E-state index contributed by atoms with van der Waals surface area (Å²) in [6, 6.07) is 0. The van der Waals surface area contributed by atoms with Gasteiger partial charge >= 0.3 is 6.18 Å². The number of hydrogen-bond donors (Lipinski definition) is 4. The smallest absolute Gasteiger partial charge is 0.400 e. The number of nitrogens with zero attached hydrogens (tertiary/aromatic N) is 1. The number of hydrogen-bond acceptors (Lipinski definition) is 4. The predicted molar refractivity (Wildman–Crippen MR) is 61.4 cm³/mol. The van der Waals surface area contributed by atoms with Crippen molar-refractivity contribution in [1.29, 1.82) is 0 Å². The lowest BCUT2D eigenvalue weighted by Crippen LogP contribution is -2.43. The average molecular weight is 271 g/mol. The molecule has 0 fully saturated rings. The molecule has 0 aliphatic heterocycles. The van der Waals surface area contributed by atoms with Crippen molar-refractivity contribution in [2.24, 2.45) is 16.8 Å². The van der Waals surface area contributed by atoms with Crippen LogP contribution in [0.15, 0.2) is 5.16 Å². The molecule has 0 aliphatic rings. The number of nitrogens with one attached hydrogen (secondary N) is 1. The monoisotopic (exact) mass is 271 g/mol. The molecule has 0 spiro atoms. The highest BCUT2D eigenvalue weighted by molar-refractivity contribution is 5.83. The van der Waals surface area contributed by atoms with Crippen molar-refractivity contribution in [3.63, 3.8) is 0 Å². The van der Waals surface area contributed by atoms with Crippen molar-refractivity contribution in [2.45, 2.75) is 31.9 Å². The lowest BCUT2D eigenvalue weighted by Gasteiger charge is -2.19. The quantitative estimate of drug-likeness (QED) is 0.166. The molecule has 1 atom stereocenters. The molecule has 5 N–H and O–H groups in total. The van der Waals surface area contributed by atoms with Gasteiger partial charge in [-0.15, -0.1) is 0 Å². The van der Waals surface area contributed by atoms with Crippen LogP contribution in [-0.4, -0.2) is 42.0 Å². The van der Waals surface area contributed by atoms with Gasteiger partial charge in [0.2, 0.25) is 0 Å². The Hall–Kier alpha value is -1.02. The molecule has 0 amide bonds. The van der Waals surface area contributed by atoms with E-state index >= 15 is 0 Å². The maximum atomic E-state index is 12.5. The van der Waals surface area contributed by atoms with Gasteiger partial charge in [0, 0.05) is 13.2 Å². The second-order valence-electron chi connectivity index (χ2n) is 3.96. The van der Waals surface area contributed by atoms with Crippen LogP contribution in [0.25, 0.3) is 0 Å². The van der Waals surface area contributed by atoms with Crippen LogP contribution in [-0.2, 0) is 0 Å². The van der Waals surface area contributed by atoms with Gasteiger partial charge in [0.25, 0.3) is 0 Å². The minimum atomic E-state index is -4.53. The molecule has 0 rings (SSSR count). The van der Waals surface area contributed by atoms with Crippen LogP contribution in [0.5, 0.6) is 0 Å². The van der Waals surface area contributed by atoms with Crippen molar-refractivity contribution in [2.75, 3.05) is 19.7 Å². The summed E-state index contributed by atoms with van der Waals surface area (Å²) in [5, 5.41) is 21.8. The molecule has 0 aliphatic carbocycles. The third-order valence-electron chi connectivity index (χ3n) is 2.48. The normalized spacial score (nSPS) is 14.8. The molecule has 0 saturated carbocycles. The summed E-state index contributed by atoms with van der Waals surface area (Å²) in [5.41, 5.74) is 5.00. The third-order valence-corrected chi connectivity index (χ3v) is 2.48. The van der Waals surface area contributed by atoms with Crippen molar-refractivity contribution in [3.05, 3.63) is 0 Å². The number of nitrogens with two attached hydrogens (primary N) is 1. The second-order valence-corrected chi connectivity index (χ2v) is 3.96. The van der Waals surface area contributed by atoms with Gasteiger partial charge in [-0.1, -0.05) is 18.0 Å². The number of unbranched alkanes of at least 4 members (excludes halogenated alkanes) is 3. The minimum absolute atomic E-state index is 0.132. The Labute approximate surface area is 104 Å². The second kappa shape index (κ2) is 8.98.